The molecule has 2 aliphatic rings. The molecule has 0 bridgehead atoms. The number of hydrogen-bond acceptors (Lipinski definition) is 7. The summed E-state index contributed by atoms with van der Waals surface area (Å²) >= 11 is 1.55. The number of anilines is 1. The highest BCUT2D eigenvalue weighted by molar-refractivity contribution is 7.16. The molecule has 3 aromatic rings. The van der Waals surface area contributed by atoms with Crippen molar-refractivity contribution >= 4 is 39.8 Å². The van der Waals surface area contributed by atoms with Gasteiger partial charge in [-0.05, 0) is 62.3 Å². The Bertz CT molecular complexity index is 1230. The van der Waals surface area contributed by atoms with Gasteiger partial charge < -0.3 is 14.6 Å². The summed E-state index contributed by atoms with van der Waals surface area (Å²) in [6.45, 7) is 2.16. The van der Waals surface area contributed by atoms with Gasteiger partial charge in [-0.3, -0.25) is 14.9 Å². The Hall–Kier alpha value is -3.46. The van der Waals surface area contributed by atoms with E-state index >= 15 is 0 Å². The Morgan fingerprint density at radius 3 is 2.79 bits per heavy atom. The number of amides is 1. The largest absolute Gasteiger partial charge is 0.467 e. The molecule has 1 aliphatic carbocycles. The lowest BCUT2D eigenvalue weighted by Gasteiger charge is -2.19. The number of benzene rings is 1. The molecular formula is C25H26N4O4S. The van der Waals surface area contributed by atoms with E-state index in [1.165, 1.54) is 4.88 Å². The number of thiophene rings is 1. The minimum absolute atomic E-state index is 0.0336. The number of non-ortho nitro benzene ring substituents is 1. The van der Waals surface area contributed by atoms with E-state index in [1.807, 2.05) is 6.07 Å². The zero-order valence-electron chi connectivity index (χ0n) is 18.8. The van der Waals surface area contributed by atoms with Crippen LogP contribution in [0.3, 0.4) is 0 Å². The monoisotopic (exact) mass is 478 g/mol. The van der Waals surface area contributed by atoms with Gasteiger partial charge in [0.1, 0.15) is 10.8 Å². The molecule has 8 nitrogen and oxygen atoms in total. The standard InChI is InChI=1S/C25H26N4O4S/c30-24(26-16-19-6-5-13-33-19)23-20-7-1-2-8-22(20)34-25(23)27-15-17-14-18(29(31)32)9-10-21(17)28-11-3-4-12-28/h5-6,9-10,13-15H,1-4,7-8,11-12,16H2,(H,26,30). The predicted molar refractivity (Wildman–Crippen MR) is 133 cm³/mol. The summed E-state index contributed by atoms with van der Waals surface area (Å²) in [7, 11) is 0. The zero-order valence-corrected chi connectivity index (χ0v) is 19.6. The Kier molecular flexibility index (Phi) is 6.44. The number of nitrogens with zero attached hydrogens (tertiary/aromatic N) is 3. The maximum absolute atomic E-state index is 13.2. The van der Waals surface area contributed by atoms with Crippen LogP contribution in [0.1, 0.15) is 57.8 Å². The number of aryl methyl sites for hydroxylation is 1. The van der Waals surface area contributed by atoms with Crippen molar-refractivity contribution in [2.75, 3.05) is 18.0 Å². The lowest BCUT2D eigenvalue weighted by molar-refractivity contribution is -0.384. The fourth-order valence-electron chi connectivity index (χ4n) is 4.68. The number of aliphatic imine (C=N–C) groups is 1. The highest BCUT2D eigenvalue weighted by Crippen LogP contribution is 2.40. The van der Waals surface area contributed by atoms with E-state index in [9.17, 15) is 14.9 Å². The molecule has 2 aromatic heterocycles. The third kappa shape index (κ3) is 4.61. The second-order valence-electron chi connectivity index (χ2n) is 8.61. The molecule has 0 saturated carbocycles. The number of furan rings is 1. The summed E-state index contributed by atoms with van der Waals surface area (Å²) in [4.78, 5) is 32.4. The van der Waals surface area contributed by atoms with Crippen LogP contribution < -0.4 is 10.2 Å². The van der Waals surface area contributed by atoms with Gasteiger partial charge in [0, 0.05) is 47.6 Å². The normalized spacial score (nSPS) is 15.6. The van der Waals surface area contributed by atoms with E-state index < -0.39 is 0 Å². The third-order valence-corrected chi connectivity index (χ3v) is 7.57. The van der Waals surface area contributed by atoms with Crippen molar-refractivity contribution in [2.24, 2.45) is 4.99 Å². The summed E-state index contributed by atoms with van der Waals surface area (Å²) in [6.07, 6.45) is 9.44. The number of hydrogen-bond donors (Lipinski definition) is 1. The van der Waals surface area contributed by atoms with Crippen LogP contribution in [0.5, 0.6) is 0 Å². The minimum Gasteiger partial charge on any atom is -0.467 e. The second kappa shape index (κ2) is 9.80. The van der Waals surface area contributed by atoms with Gasteiger partial charge in [0.15, 0.2) is 0 Å². The highest BCUT2D eigenvalue weighted by Gasteiger charge is 2.25. The van der Waals surface area contributed by atoms with Crippen LogP contribution in [0.25, 0.3) is 0 Å². The van der Waals surface area contributed by atoms with Crippen molar-refractivity contribution in [3.8, 4) is 0 Å². The summed E-state index contributed by atoms with van der Waals surface area (Å²) in [6, 6.07) is 8.54. The first kappa shape index (κ1) is 22.3. The molecule has 0 radical (unpaired) electrons. The average Bonchev–Trinajstić information content (AvgIpc) is 3.62. The van der Waals surface area contributed by atoms with Crippen LogP contribution in [-0.4, -0.2) is 30.1 Å². The highest BCUT2D eigenvalue weighted by atomic mass is 32.1. The molecule has 9 heteroatoms. The molecule has 1 saturated heterocycles. The van der Waals surface area contributed by atoms with Crippen LogP contribution in [0.15, 0.2) is 46.0 Å². The summed E-state index contributed by atoms with van der Waals surface area (Å²) in [5.74, 6) is 0.524. The molecule has 1 aromatic carbocycles. The number of fused-ring (bicyclic) bond motifs is 1. The van der Waals surface area contributed by atoms with Gasteiger partial charge in [-0.2, -0.15) is 0 Å². The molecule has 1 N–H and O–H groups in total. The van der Waals surface area contributed by atoms with Crippen molar-refractivity contribution in [1.29, 1.82) is 0 Å². The third-order valence-electron chi connectivity index (χ3n) is 6.37. The Morgan fingerprint density at radius 2 is 2.03 bits per heavy atom. The van der Waals surface area contributed by atoms with E-state index in [-0.39, 0.29) is 16.5 Å². The van der Waals surface area contributed by atoms with Gasteiger partial charge in [-0.25, -0.2) is 4.99 Å². The van der Waals surface area contributed by atoms with Gasteiger partial charge in [-0.1, -0.05) is 0 Å². The molecule has 0 spiro atoms. The molecule has 1 aliphatic heterocycles. The van der Waals surface area contributed by atoms with Crippen LogP contribution >= 0.6 is 11.3 Å². The first-order valence-electron chi connectivity index (χ1n) is 11.6. The average molecular weight is 479 g/mol. The van der Waals surface area contributed by atoms with Gasteiger partial charge >= 0.3 is 0 Å². The van der Waals surface area contributed by atoms with Crippen LogP contribution in [0.4, 0.5) is 16.4 Å². The summed E-state index contributed by atoms with van der Waals surface area (Å²) in [5, 5.41) is 15.0. The van der Waals surface area contributed by atoms with E-state index in [0.29, 0.717) is 28.4 Å². The molecular weight excluding hydrogens is 452 g/mol. The molecule has 0 unspecified atom stereocenters. The van der Waals surface area contributed by atoms with Gasteiger partial charge in [0.05, 0.1) is 23.3 Å². The fourth-order valence-corrected chi connectivity index (χ4v) is 5.91. The molecule has 1 amide bonds. The number of nitro benzene ring substituents is 1. The van der Waals surface area contributed by atoms with Crippen LogP contribution in [-0.2, 0) is 19.4 Å². The van der Waals surface area contributed by atoms with E-state index in [0.717, 1.165) is 62.9 Å². The summed E-state index contributed by atoms with van der Waals surface area (Å²) in [5.41, 5.74) is 3.38. The van der Waals surface area contributed by atoms with Gasteiger partial charge in [0.25, 0.3) is 11.6 Å². The smallest absolute Gasteiger partial charge is 0.270 e. The van der Waals surface area contributed by atoms with Crippen molar-refractivity contribution < 1.29 is 14.1 Å². The number of rotatable bonds is 7. The summed E-state index contributed by atoms with van der Waals surface area (Å²) < 4.78 is 5.34. The Labute approximate surface area is 201 Å². The van der Waals surface area contributed by atoms with Crippen molar-refractivity contribution in [2.45, 2.75) is 45.1 Å². The van der Waals surface area contributed by atoms with E-state index in [2.05, 4.69) is 10.2 Å². The lowest BCUT2D eigenvalue weighted by Crippen LogP contribution is -2.23. The molecule has 5 rings (SSSR count). The maximum Gasteiger partial charge on any atom is 0.270 e. The van der Waals surface area contributed by atoms with Crippen molar-refractivity contribution in [1.82, 2.24) is 5.32 Å². The Morgan fingerprint density at radius 1 is 1.21 bits per heavy atom. The molecule has 34 heavy (non-hydrogen) atoms. The minimum atomic E-state index is -0.386. The lowest BCUT2D eigenvalue weighted by atomic mass is 9.95. The van der Waals surface area contributed by atoms with Crippen molar-refractivity contribution in [3.63, 3.8) is 0 Å². The first-order valence-corrected chi connectivity index (χ1v) is 12.4. The zero-order chi connectivity index (χ0) is 23.5. The second-order valence-corrected chi connectivity index (χ2v) is 9.69. The van der Waals surface area contributed by atoms with Gasteiger partial charge in [-0.15, -0.1) is 11.3 Å². The number of nitrogens with one attached hydrogen (secondary N) is 1. The Balaban J connectivity index is 1.48. The van der Waals surface area contributed by atoms with E-state index in [4.69, 9.17) is 9.41 Å². The van der Waals surface area contributed by atoms with Gasteiger partial charge in [0.2, 0.25) is 0 Å². The fraction of sp³-hybridized carbons (Fsp3) is 0.360. The number of nitro groups is 1. The first-order chi connectivity index (χ1) is 16.6. The van der Waals surface area contributed by atoms with Crippen LogP contribution in [0, 0.1) is 10.1 Å². The maximum atomic E-state index is 13.2. The number of carbonyl (C=O) groups excluding carboxylic acids is 1. The molecule has 176 valence electrons. The van der Waals surface area contributed by atoms with E-state index in [1.54, 1.807) is 48.1 Å². The number of carbonyl (C=O) groups is 1. The molecule has 3 heterocycles. The molecule has 1 fully saturated rings. The van der Waals surface area contributed by atoms with Crippen LogP contribution in [0.2, 0.25) is 0 Å². The molecule has 0 atom stereocenters. The SMILES string of the molecule is O=C(NCc1ccco1)c1c(N=Cc2cc([N+](=O)[O-])ccc2N2CCCC2)sc2c1CCCC2. The topological polar surface area (TPSA) is 101 Å². The van der Waals surface area contributed by atoms with Crippen molar-refractivity contribution in [3.05, 3.63) is 74.0 Å². The quantitative estimate of drug-likeness (QED) is 0.278. The predicted octanol–water partition coefficient (Wildman–Crippen LogP) is 5.41.